The Bertz CT molecular complexity index is 1470. The van der Waals surface area contributed by atoms with Crippen molar-refractivity contribution >= 4 is 5.69 Å². The Morgan fingerprint density at radius 2 is 1.42 bits per heavy atom. The molecule has 0 aliphatic heterocycles. The molecule has 0 bridgehead atoms. The van der Waals surface area contributed by atoms with Crippen molar-refractivity contribution in [1.82, 2.24) is 15.3 Å². The van der Waals surface area contributed by atoms with Gasteiger partial charge in [-0.25, -0.2) is 0 Å². The third kappa shape index (κ3) is 8.90. The van der Waals surface area contributed by atoms with Crippen LogP contribution in [0.2, 0.25) is 0 Å². The zero-order valence-electron chi connectivity index (χ0n) is 25.4. The molecule has 4 aromatic rings. The summed E-state index contributed by atoms with van der Waals surface area (Å²) >= 11 is 0. The van der Waals surface area contributed by atoms with E-state index in [0.29, 0.717) is 45.3 Å². The van der Waals surface area contributed by atoms with Crippen LogP contribution in [0.25, 0.3) is 22.5 Å². The number of pyridine rings is 2. The number of nitrogens with one attached hydrogen (secondary N) is 1. The Hall–Kier alpha value is -3.69. The van der Waals surface area contributed by atoms with Crippen molar-refractivity contribution < 1.29 is 50.2 Å². The summed E-state index contributed by atoms with van der Waals surface area (Å²) in [5, 5.41) is 22.1. The Morgan fingerprint density at radius 1 is 0.767 bits per heavy atom. The number of methoxy groups -OCH3 is 4. The zero-order valence-corrected chi connectivity index (χ0v) is 27.7. The number of nitrogens with zero attached hydrogens (tertiary/aromatic N) is 3. The molecule has 10 nitrogen and oxygen atoms in total. The van der Waals surface area contributed by atoms with Gasteiger partial charge < -0.3 is 49.3 Å². The number of aliphatic hydroxyl groups is 2. The molecule has 0 spiro atoms. The van der Waals surface area contributed by atoms with Crippen molar-refractivity contribution in [3.63, 3.8) is 0 Å². The Balaban J connectivity index is 0.000000293. The predicted octanol–water partition coefficient (Wildman–Crippen LogP) is 3.90. The fraction of sp³-hybridized carbons (Fsp3) is 0.312. The van der Waals surface area contributed by atoms with Crippen LogP contribution in [0.5, 0.6) is 23.0 Å². The summed E-state index contributed by atoms with van der Waals surface area (Å²) in [7, 11) is 12.1. The van der Waals surface area contributed by atoms with Crippen molar-refractivity contribution in [2.75, 3.05) is 54.5 Å². The average Bonchev–Trinajstić information content (AvgIpc) is 3.03. The van der Waals surface area contributed by atoms with Crippen molar-refractivity contribution in [2.24, 2.45) is 0 Å². The molecule has 232 valence electrons. The van der Waals surface area contributed by atoms with Gasteiger partial charge in [-0.1, -0.05) is 47.0 Å². The van der Waals surface area contributed by atoms with Gasteiger partial charge in [0, 0.05) is 56.8 Å². The fourth-order valence-electron chi connectivity index (χ4n) is 4.17. The molecule has 2 aromatic carbocycles. The first-order valence-electron chi connectivity index (χ1n) is 13.1. The topological polar surface area (TPSA) is 118 Å². The third-order valence-corrected chi connectivity index (χ3v) is 6.34. The van der Waals surface area contributed by atoms with Gasteiger partial charge in [-0.3, -0.25) is 0 Å². The fourth-order valence-corrected chi connectivity index (χ4v) is 4.17. The van der Waals surface area contributed by atoms with E-state index in [1.807, 2.05) is 50.3 Å². The van der Waals surface area contributed by atoms with Crippen molar-refractivity contribution in [3.05, 3.63) is 77.6 Å². The smallest absolute Gasteiger partial charge is 0.540 e. The second-order valence-corrected chi connectivity index (χ2v) is 9.22. The molecule has 0 amide bonds. The van der Waals surface area contributed by atoms with Crippen molar-refractivity contribution in [1.29, 1.82) is 0 Å². The number of anilines is 1. The van der Waals surface area contributed by atoms with Gasteiger partial charge in [0.25, 0.3) is 0 Å². The minimum atomic E-state index is -0.159. The van der Waals surface area contributed by atoms with Gasteiger partial charge in [-0.2, -0.15) is 0 Å². The summed E-state index contributed by atoms with van der Waals surface area (Å²) < 4.78 is 21.1. The normalized spacial score (nSPS) is 10.2. The number of aromatic nitrogens is 2. The van der Waals surface area contributed by atoms with E-state index in [2.05, 4.69) is 27.4 Å². The van der Waals surface area contributed by atoms with Crippen LogP contribution < -0.4 is 29.2 Å². The number of ether oxygens (including phenoxy) is 4. The van der Waals surface area contributed by atoms with Crippen LogP contribution in [-0.2, 0) is 40.8 Å². The van der Waals surface area contributed by atoms with E-state index in [-0.39, 0.29) is 34.3 Å². The molecule has 0 saturated carbocycles. The standard InChI is InChI=1S/2C16H19N2O3.Pt/c1-18(2)12-5-6-17-14(8-12)13-7-11(10-19)15(20-3)9-16(13)21-4;1-17-9-11-4-5-18-14(6-11)13-8-16(21-3)15(20-2)7-12(13)10-19;/h5-6,8-9,19H,10H2,1-4H3;4-7,17,19H,9-10H2,1-3H3;/q2*-1;+2. The van der Waals surface area contributed by atoms with E-state index in [0.717, 1.165) is 29.2 Å². The number of rotatable bonds is 11. The summed E-state index contributed by atoms with van der Waals surface area (Å²) in [6.07, 6.45) is 3.48. The van der Waals surface area contributed by atoms with Gasteiger partial charge in [-0.05, 0) is 36.1 Å². The van der Waals surface area contributed by atoms with Crippen LogP contribution in [0, 0.1) is 12.1 Å². The second-order valence-electron chi connectivity index (χ2n) is 9.22. The molecule has 11 heteroatoms. The molecular formula is C32H38N4O6Pt. The number of hydrogen-bond donors (Lipinski definition) is 3. The second kappa shape index (κ2) is 17.4. The maximum absolute atomic E-state index is 9.58. The molecule has 2 aromatic heterocycles. The monoisotopic (exact) mass is 769 g/mol. The summed E-state index contributed by atoms with van der Waals surface area (Å²) in [6, 6.07) is 17.5. The van der Waals surface area contributed by atoms with Crippen LogP contribution >= 0.6 is 0 Å². The van der Waals surface area contributed by atoms with E-state index < -0.39 is 0 Å². The first kappa shape index (κ1) is 35.5. The van der Waals surface area contributed by atoms with Crippen molar-refractivity contribution in [3.8, 4) is 45.5 Å². The molecule has 2 heterocycles. The van der Waals surface area contributed by atoms with E-state index in [4.69, 9.17) is 18.9 Å². The van der Waals surface area contributed by atoms with Crippen LogP contribution in [0.3, 0.4) is 0 Å². The minimum absolute atomic E-state index is 0. The Kier molecular flexibility index (Phi) is 14.4. The van der Waals surface area contributed by atoms with Gasteiger partial charge >= 0.3 is 21.1 Å². The van der Waals surface area contributed by atoms with E-state index >= 15 is 0 Å². The maximum Gasteiger partial charge on any atom is 2.00 e. The molecule has 0 aliphatic rings. The van der Waals surface area contributed by atoms with Gasteiger partial charge in [0.15, 0.2) is 0 Å². The van der Waals surface area contributed by atoms with Gasteiger partial charge in [0.05, 0.1) is 46.5 Å². The minimum Gasteiger partial charge on any atom is -0.540 e. The molecular weight excluding hydrogens is 731 g/mol. The van der Waals surface area contributed by atoms with Crippen LogP contribution in [0.4, 0.5) is 5.69 Å². The number of aliphatic hydroxyl groups excluding tert-OH is 2. The maximum atomic E-state index is 9.58. The first-order valence-corrected chi connectivity index (χ1v) is 13.1. The molecule has 0 unspecified atom stereocenters. The summed E-state index contributed by atoms with van der Waals surface area (Å²) in [4.78, 5) is 10.7. The Morgan fingerprint density at radius 3 is 1.98 bits per heavy atom. The molecule has 0 radical (unpaired) electrons. The average molecular weight is 770 g/mol. The quantitative estimate of drug-likeness (QED) is 0.194. The van der Waals surface area contributed by atoms with Gasteiger partial charge in [0.2, 0.25) is 0 Å². The van der Waals surface area contributed by atoms with E-state index in [9.17, 15) is 10.2 Å². The molecule has 4 rings (SSSR count). The van der Waals surface area contributed by atoms with E-state index in [1.54, 1.807) is 53.0 Å². The number of hydrogen-bond acceptors (Lipinski definition) is 10. The van der Waals surface area contributed by atoms with Gasteiger partial charge in [-0.15, -0.1) is 11.6 Å². The van der Waals surface area contributed by atoms with Gasteiger partial charge in [0.1, 0.15) is 0 Å². The SMILES string of the molecule is CNCc1ccnc(-c2[c-]c(OC)c(OC)cc2CO)c1.COc1cc(OC)c(-c2cc(N(C)C)ccn2)[c-]c1CO.[Pt+2]. The first-order chi connectivity index (χ1) is 20.3. The summed E-state index contributed by atoms with van der Waals surface area (Å²) in [5.41, 5.74) is 6.29. The molecule has 0 aliphatic carbocycles. The summed E-state index contributed by atoms with van der Waals surface area (Å²) in [5.74, 6) is 2.18. The van der Waals surface area contributed by atoms with Crippen LogP contribution in [-0.4, -0.2) is 69.8 Å². The molecule has 0 fully saturated rings. The largest absolute Gasteiger partial charge is 2.00 e. The van der Waals surface area contributed by atoms with E-state index in [1.165, 1.54) is 0 Å². The molecule has 3 N–H and O–H groups in total. The van der Waals surface area contributed by atoms with Crippen LogP contribution in [0.15, 0.2) is 48.8 Å². The third-order valence-electron chi connectivity index (χ3n) is 6.34. The zero-order chi connectivity index (χ0) is 30.6. The summed E-state index contributed by atoms with van der Waals surface area (Å²) in [6.45, 7) is 0.467. The number of benzene rings is 2. The molecule has 0 atom stereocenters. The van der Waals surface area contributed by atoms with Crippen LogP contribution in [0.1, 0.15) is 16.7 Å². The van der Waals surface area contributed by atoms with Crippen molar-refractivity contribution in [2.45, 2.75) is 19.8 Å². The molecule has 0 saturated heterocycles. The Labute approximate surface area is 267 Å². The predicted molar refractivity (Wildman–Crippen MR) is 162 cm³/mol. The molecule has 43 heavy (non-hydrogen) atoms.